The molecule has 2 aliphatic rings. The van der Waals surface area contributed by atoms with Crippen molar-refractivity contribution in [3.05, 3.63) is 35.0 Å². The van der Waals surface area contributed by atoms with Crippen LogP contribution in [0, 0.1) is 0 Å². The smallest absolute Gasteiger partial charge is 0.352 e. The van der Waals surface area contributed by atoms with Gasteiger partial charge in [0.15, 0.2) is 10.8 Å². The SMILES string of the molecule is C=CC1=C(C(=O)O)N2C(=O)[C@@H](NC(=O)C(=NOCC(=O)O)c3csc(N)n3)[C@H]2SC1.O.O.O. The number of carboxylic acid groups (broad SMARTS) is 2. The zero-order valence-corrected chi connectivity index (χ0v) is 18.2. The maximum Gasteiger partial charge on any atom is 0.352 e. The van der Waals surface area contributed by atoms with E-state index in [1.807, 2.05) is 0 Å². The fourth-order valence-electron chi connectivity index (χ4n) is 2.76. The van der Waals surface area contributed by atoms with Crippen LogP contribution < -0.4 is 11.1 Å². The predicted molar refractivity (Wildman–Crippen MR) is 117 cm³/mol. The molecule has 2 amide bonds. The first-order valence-electron chi connectivity index (χ1n) is 8.22. The molecular formula is C16H21N5O10S2. The number of carbonyl (C=O) groups is 4. The van der Waals surface area contributed by atoms with Gasteiger partial charge in [-0.05, 0) is 5.57 Å². The number of nitrogens with zero attached hydrogens (tertiary/aromatic N) is 3. The highest BCUT2D eigenvalue weighted by atomic mass is 32.2. The van der Waals surface area contributed by atoms with Crippen LogP contribution >= 0.6 is 23.1 Å². The molecule has 1 saturated heterocycles. The van der Waals surface area contributed by atoms with Gasteiger partial charge >= 0.3 is 11.9 Å². The van der Waals surface area contributed by atoms with Gasteiger partial charge in [0, 0.05) is 11.1 Å². The number of anilines is 1. The van der Waals surface area contributed by atoms with E-state index >= 15 is 0 Å². The number of allylic oxidation sites excluding steroid dienone is 1. The van der Waals surface area contributed by atoms with Crippen molar-refractivity contribution in [1.82, 2.24) is 15.2 Å². The Hall–Kier alpha value is -3.51. The van der Waals surface area contributed by atoms with Gasteiger partial charge in [-0.3, -0.25) is 14.5 Å². The summed E-state index contributed by atoms with van der Waals surface area (Å²) in [5, 5.41) is 25.0. The monoisotopic (exact) mass is 507 g/mol. The number of hydrogen-bond acceptors (Lipinski definition) is 10. The molecule has 0 aliphatic carbocycles. The van der Waals surface area contributed by atoms with Gasteiger partial charge in [0.2, 0.25) is 6.61 Å². The average molecular weight is 508 g/mol. The van der Waals surface area contributed by atoms with Crippen LogP contribution in [0.25, 0.3) is 0 Å². The Morgan fingerprint density at radius 1 is 1.36 bits per heavy atom. The van der Waals surface area contributed by atoms with Crippen LogP contribution in [0.1, 0.15) is 5.69 Å². The lowest BCUT2D eigenvalue weighted by Crippen LogP contribution is -2.71. The van der Waals surface area contributed by atoms with Crippen molar-refractivity contribution in [3.63, 3.8) is 0 Å². The van der Waals surface area contributed by atoms with E-state index in [0.29, 0.717) is 11.3 Å². The molecule has 0 bridgehead atoms. The molecule has 1 aromatic heterocycles. The Balaban J connectivity index is 0.00000341. The summed E-state index contributed by atoms with van der Waals surface area (Å²) in [4.78, 5) is 57.1. The number of aliphatic carboxylic acids is 2. The average Bonchev–Trinajstić information content (AvgIpc) is 3.13. The van der Waals surface area contributed by atoms with Crippen LogP contribution in [-0.4, -0.2) is 89.8 Å². The number of fused-ring (bicyclic) bond motifs is 1. The number of β-lactam (4-membered cyclic amide) rings is 1. The molecule has 0 saturated carbocycles. The maximum atomic E-state index is 12.7. The Morgan fingerprint density at radius 3 is 2.55 bits per heavy atom. The Kier molecular flexibility index (Phi) is 10.7. The molecule has 2 aliphatic heterocycles. The van der Waals surface area contributed by atoms with Gasteiger partial charge in [0.1, 0.15) is 22.8 Å². The highest BCUT2D eigenvalue weighted by Gasteiger charge is 2.54. The molecule has 17 heteroatoms. The normalized spacial score (nSPS) is 19.0. The number of nitrogen functional groups attached to an aromatic ring is 1. The number of carboxylic acids is 2. The van der Waals surface area contributed by atoms with E-state index in [4.69, 9.17) is 10.8 Å². The van der Waals surface area contributed by atoms with Crippen molar-refractivity contribution in [2.75, 3.05) is 18.1 Å². The number of oxime groups is 1. The lowest BCUT2D eigenvalue weighted by atomic mass is 10.0. The molecule has 0 aromatic carbocycles. The van der Waals surface area contributed by atoms with Gasteiger partial charge < -0.3 is 42.5 Å². The predicted octanol–water partition coefficient (Wildman–Crippen LogP) is -3.02. The Morgan fingerprint density at radius 2 is 2.03 bits per heavy atom. The summed E-state index contributed by atoms with van der Waals surface area (Å²) in [7, 11) is 0. The van der Waals surface area contributed by atoms with E-state index in [1.54, 1.807) is 0 Å². The van der Waals surface area contributed by atoms with E-state index in [0.717, 1.165) is 16.2 Å². The van der Waals surface area contributed by atoms with Gasteiger partial charge in [-0.25, -0.2) is 14.6 Å². The summed E-state index contributed by atoms with van der Waals surface area (Å²) < 4.78 is 0. The second kappa shape index (κ2) is 11.9. The lowest BCUT2D eigenvalue weighted by molar-refractivity contribution is -0.150. The second-order valence-electron chi connectivity index (χ2n) is 5.92. The van der Waals surface area contributed by atoms with E-state index < -0.39 is 41.8 Å². The third kappa shape index (κ3) is 5.84. The lowest BCUT2D eigenvalue weighted by Gasteiger charge is -2.49. The van der Waals surface area contributed by atoms with Gasteiger partial charge in [-0.2, -0.15) is 0 Å². The molecule has 0 radical (unpaired) electrons. The molecule has 1 fully saturated rings. The number of thiazole rings is 1. The molecule has 0 spiro atoms. The van der Waals surface area contributed by atoms with E-state index in [-0.39, 0.29) is 38.7 Å². The number of hydrogen-bond donors (Lipinski definition) is 4. The minimum absolute atomic E-state index is 0. The zero-order chi connectivity index (χ0) is 22.0. The minimum Gasteiger partial charge on any atom is -0.479 e. The van der Waals surface area contributed by atoms with Crippen LogP contribution in [-0.2, 0) is 24.0 Å². The second-order valence-corrected chi connectivity index (χ2v) is 7.92. The quantitative estimate of drug-likeness (QED) is 0.157. The summed E-state index contributed by atoms with van der Waals surface area (Å²) in [6.07, 6.45) is 1.38. The maximum absolute atomic E-state index is 12.7. The topological polar surface area (TPSA) is 279 Å². The number of rotatable bonds is 8. The third-order valence-corrected chi connectivity index (χ3v) is 6.03. The number of aromatic nitrogens is 1. The van der Waals surface area contributed by atoms with E-state index in [1.165, 1.54) is 23.2 Å². The van der Waals surface area contributed by atoms with Gasteiger partial charge in [-0.1, -0.05) is 17.8 Å². The van der Waals surface area contributed by atoms with E-state index in [2.05, 4.69) is 26.9 Å². The highest BCUT2D eigenvalue weighted by molar-refractivity contribution is 8.00. The largest absolute Gasteiger partial charge is 0.479 e. The van der Waals surface area contributed by atoms with Crippen LogP contribution in [0.2, 0.25) is 0 Å². The molecule has 11 N–H and O–H groups in total. The summed E-state index contributed by atoms with van der Waals surface area (Å²) in [5.74, 6) is -3.72. The van der Waals surface area contributed by atoms with E-state index in [9.17, 15) is 24.3 Å². The van der Waals surface area contributed by atoms with Crippen molar-refractivity contribution in [1.29, 1.82) is 0 Å². The molecular weight excluding hydrogens is 486 g/mol. The Labute approximate surface area is 193 Å². The van der Waals surface area contributed by atoms with Crippen molar-refractivity contribution >= 4 is 57.7 Å². The van der Waals surface area contributed by atoms with Crippen LogP contribution in [0.15, 0.2) is 34.5 Å². The molecule has 15 nitrogen and oxygen atoms in total. The van der Waals surface area contributed by atoms with Gasteiger partial charge in [-0.15, -0.1) is 23.1 Å². The van der Waals surface area contributed by atoms with Crippen LogP contribution in [0.5, 0.6) is 0 Å². The van der Waals surface area contributed by atoms with Crippen LogP contribution in [0.4, 0.5) is 5.13 Å². The standard InChI is InChI=1S/C16H15N5O7S2.3H2O/c1-2-6-4-29-14-10(13(25)21(14)11(6)15(26)27)19-12(24)9(20-28-3-8(22)23)7-5-30-16(17)18-7;;;/h2,5,10,14H,1,3-4H2,(H2,17,18)(H,19,24)(H,22,23)(H,26,27);3*1H2/t10-,14-;;;/m1.../s1. The fraction of sp³-hybridized carbons (Fsp3) is 0.250. The third-order valence-electron chi connectivity index (χ3n) is 4.06. The molecule has 2 atom stereocenters. The molecule has 33 heavy (non-hydrogen) atoms. The van der Waals surface area contributed by atoms with Crippen molar-refractivity contribution in [2.24, 2.45) is 5.16 Å². The molecule has 182 valence electrons. The fourth-order valence-corrected chi connectivity index (χ4v) is 4.65. The number of amides is 2. The minimum atomic E-state index is -1.30. The summed E-state index contributed by atoms with van der Waals surface area (Å²) in [5.41, 5.74) is 5.48. The van der Waals surface area contributed by atoms with Gasteiger partial charge in [0.05, 0.1) is 0 Å². The van der Waals surface area contributed by atoms with Crippen molar-refractivity contribution in [2.45, 2.75) is 11.4 Å². The number of nitrogens with one attached hydrogen (secondary N) is 1. The van der Waals surface area contributed by atoms with Crippen molar-refractivity contribution < 1.29 is 50.7 Å². The number of carbonyl (C=O) groups excluding carboxylic acids is 2. The number of thioether (sulfide) groups is 1. The molecule has 0 unspecified atom stereocenters. The molecule has 1 aromatic rings. The highest BCUT2D eigenvalue weighted by Crippen LogP contribution is 2.40. The van der Waals surface area contributed by atoms with Crippen LogP contribution in [0.3, 0.4) is 0 Å². The summed E-state index contributed by atoms with van der Waals surface area (Å²) in [6, 6.07) is -1.01. The zero-order valence-electron chi connectivity index (χ0n) is 16.6. The summed E-state index contributed by atoms with van der Waals surface area (Å²) in [6.45, 7) is 2.77. The molecule has 3 rings (SSSR count). The molecule has 3 heterocycles. The first-order valence-corrected chi connectivity index (χ1v) is 10.1. The van der Waals surface area contributed by atoms with Gasteiger partial charge in [0.25, 0.3) is 11.8 Å². The van der Waals surface area contributed by atoms with Crippen molar-refractivity contribution in [3.8, 4) is 0 Å². The number of nitrogens with two attached hydrogens (primary N) is 1. The first-order chi connectivity index (χ1) is 14.2. The summed E-state index contributed by atoms with van der Waals surface area (Å²) >= 11 is 2.30. The first kappa shape index (κ1) is 29.5. The Bertz CT molecular complexity index is 1010.